The molecule has 0 radical (unpaired) electrons. The topological polar surface area (TPSA) is 111 Å². The number of fused-ring (bicyclic) bond motifs is 1. The lowest BCUT2D eigenvalue weighted by molar-refractivity contribution is -0.384. The molecular weight excluding hydrogens is 358 g/mol. The predicted octanol–water partition coefficient (Wildman–Crippen LogP) is 3.23. The van der Waals surface area contributed by atoms with Crippen LogP contribution in [0.3, 0.4) is 0 Å². The van der Waals surface area contributed by atoms with Crippen molar-refractivity contribution in [1.29, 1.82) is 0 Å². The first-order chi connectivity index (χ1) is 13.7. The van der Waals surface area contributed by atoms with E-state index in [1.807, 2.05) is 30.3 Å². The number of non-ortho nitro benzene ring substituents is 1. The Morgan fingerprint density at radius 3 is 2.82 bits per heavy atom. The summed E-state index contributed by atoms with van der Waals surface area (Å²) in [5.41, 5.74) is 5.27. The molecule has 0 amide bonds. The van der Waals surface area contributed by atoms with E-state index in [1.54, 1.807) is 23.0 Å². The van der Waals surface area contributed by atoms with Crippen LogP contribution in [0.4, 0.5) is 11.5 Å². The summed E-state index contributed by atoms with van der Waals surface area (Å²) >= 11 is 0. The molecule has 0 bridgehead atoms. The highest BCUT2D eigenvalue weighted by atomic mass is 16.6. The number of nitro benzene ring substituents is 1. The largest absolute Gasteiger partial charge is 0.270 e. The number of nitrogens with zero attached hydrogens (tertiary/aromatic N) is 6. The van der Waals surface area contributed by atoms with Gasteiger partial charge in [0, 0.05) is 17.7 Å². The van der Waals surface area contributed by atoms with Crippen molar-refractivity contribution in [3.05, 3.63) is 88.4 Å². The number of benzene rings is 2. The molecule has 1 N–H and O–H groups in total. The number of hydrogen-bond acceptors (Lipinski definition) is 7. The van der Waals surface area contributed by atoms with Crippen LogP contribution in [-0.2, 0) is 6.54 Å². The van der Waals surface area contributed by atoms with Crippen LogP contribution in [0.5, 0.6) is 0 Å². The third-order valence-electron chi connectivity index (χ3n) is 4.07. The molecular formula is C19H15N7O2. The van der Waals surface area contributed by atoms with Crippen LogP contribution in [0.15, 0.2) is 72.2 Å². The summed E-state index contributed by atoms with van der Waals surface area (Å²) in [6.45, 7) is 0.595. The molecule has 0 spiro atoms. The molecule has 2 heterocycles. The second kappa shape index (κ2) is 7.62. The van der Waals surface area contributed by atoms with E-state index in [4.69, 9.17) is 0 Å². The first-order valence-electron chi connectivity index (χ1n) is 8.45. The number of hydrazone groups is 1. The average molecular weight is 373 g/mol. The maximum absolute atomic E-state index is 10.8. The summed E-state index contributed by atoms with van der Waals surface area (Å²) in [6.07, 6.45) is 4.62. The number of nitro groups is 1. The molecule has 0 saturated carbocycles. The first kappa shape index (κ1) is 17.3. The Labute approximate surface area is 159 Å². The van der Waals surface area contributed by atoms with Crippen LogP contribution in [0.1, 0.15) is 11.1 Å². The quantitative estimate of drug-likeness (QED) is 0.315. The number of anilines is 1. The zero-order valence-electron chi connectivity index (χ0n) is 14.6. The Hall–Kier alpha value is -4.14. The lowest BCUT2D eigenvalue weighted by atomic mass is 10.2. The van der Waals surface area contributed by atoms with E-state index in [0.717, 1.165) is 10.9 Å². The third-order valence-corrected chi connectivity index (χ3v) is 4.07. The number of aromatic nitrogens is 4. The van der Waals surface area contributed by atoms with Gasteiger partial charge in [-0.2, -0.15) is 10.2 Å². The fourth-order valence-electron chi connectivity index (χ4n) is 2.74. The maximum Gasteiger partial charge on any atom is 0.270 e. The standard InChI is InChI=1S/C19H15N7O2/c27-26(28)16-8-4-7-15(9-16)10-22-24-18-17-11-23-25(19(17)21-13-20-18)12-14-5-2-1-3-6-14/h1-11,13H,12H2,(H,20,21,24)/b22-10+. The zero-order valence-corrected chi connectivity index (χ0v) is 14.6. The van der Waals surface area contributed by atoms with Crippen molar-refractivity contribution >= 4 is 28.8 Å². The SMILES string of the molecule is O=[N+]([O-])c1cccc(/C=N/Nc2ncnc3c2cnn3Cc2ccccc2)c1. The minimum atomic E-state index is -0.445. The van der Waals surface area contributed by atoms with Gasteiger partial charge in [0.15, 0.2) is 11.5 Å². The average Bonchev–Trinajstić information content (AvgIpc) is 3.13. The second-order valence-electron chi connectivity index (χ2n) is 5.97. The minimum Gasteiger partial charge on any atom is -0.261 e. The molecule has 4 aromatic rings. The Balaban J connectivity index is 1.55. The highest BCUT2D eigenvalue weighted by Crippen LogP contribution is 2.19. The monoisotopic (exact) mass is 373 g/mol. The molecule has 0 saturated heterocycles. The first-order valence-corrected chi connectivity index (χ1v) is 8.45. The number of rotatable bonds is 6. The van der Waals surface area contributed by atoms with Crippen LogP contribution in [-0.4, -0.2) is 30.9 Å². The number of nitrogens with one attached hydrogen (secondary N) is 1. The van der Waals surface area contributed by atoms with E-state index in [9.17, 15) is 10.1 Å². The van der Waals surface area contributed by atoms with Crippen LogP contribution < -0.4 is 5.43 Å². The van der Waals surface area contributed by atoms with E-state index in [2.05, 4.69) is 25.6 Å². The van der Waals surface area contributed by atoms with Crippen molar-refractivity contribution in [3.8, 4) is 0 Å². The molecule has 2 aromatic heterocycles. The maximum atomic E-state index is 10.8. The molecule has 0 aliphatic carbocycles. The fraction of sp³-hybridized carbons (Fsp3) is 0.0526. The molecule has 4 rings (SSSR count). The van der Waals surface area contributed by atoms with Gasteiger partial charge in [-0.25, -0.2) is 14.6 Å². The van der Waals surface area contributed by atoms with Gasteiger partial charge in [-0.3, -0.25) is 15.5 Å². The van der Waals surface area contributed by atoms with Crippen molar-refractivity contribution in [2.24, 2.45) is 5.10 Å². The smallest absolute Gasteiger partial charge is 0.261 e. The van der Waals surface area contributed by atoms with E-state index < -0.39 is 4.92 Å². The van der Waals surface area contributed by atoms with E-state index in [1.165, 1.54) is 24.7 Å². The molecule has 2 aromatic carbocycles. The molecule has 28 heavy (non-hydrogen) atoms. The fourth-order valence-corrected chi connectivity index (χ4v) is 2.74. The summed E-state index contributed by atoms with van der Waals surface area (Å²) in [6, 6.07) is 16.2. The van der Waals surface area contributed by atoms with E-state index >= 15 is 0 Å². The normalized spacial score (nSPS) is 11.1. The van der Waals surface area contributed by atoms with E-state index in [-0.39, 0.29) is 5.69 Å². The summed E-state index contributed by atoms with van der Waals surface area (Å²) in [5.74, 6) is 0.506. The molecule has 0 aliphatic heterocycles. The second-order valence-corrected chi connectivity index (χ2v) is 5.97. The molecule has 9 heteroatoms. The van der Waals surface area contributed by atoms with Gasteiger partial charge in [-0.05, 0) is 5.56 Å². The highest BCUT2D eigenvalue weighted by Gasteiger charge is 2.10. The Kier molecular flexibility index (Phi) is 4.70. The van der Waals surface area contributed by atoms with Crippen molar-refractivity contribution in [2.45, 2.75) is 6.54 Å². The predicted molar refractivity (Wildman–Crippen MR) is 105 cm³/mol. The van der Waals surface area contributed by atoms with Crippen LogP contribution in [0.2, 0.25) is 0 Å². The van der Waals surface area contributed by atoms with Gasteiger partial charge in [0.2, 0.25) is 0 Å². The van der Waals surface area contributed by atoms with Gasteiger partial charge in [0.05, 0.1) is 29.3 Å². The Morgan fingerprint density at radius 2 is 2.00 bits per heavy atom. The summed E-state index contributed by atoms with van der Waals surface area (Å²) < 4.78 is 1.79. The molecule has 0 fully saturated rings. The summed E-state index contributed by atoms with van der Waals surface area (Å²) in [4.78, 5) is 18.9. The molecule has 0 unspecified atom stereocenters. The van der Waals surface area contributed by atoms with Crippen LogP contribution in [0.25, 0.3) is 11.0 Å². The van der Waals surface area contributed by atoms with Gasteiger partial charge in [-0.1, -0.05) is 42.5 Å². The molecule has 0 aliphatic rings. The van der Waals surface area contributed by atoms with Crippen molar-refractivity contribution in [3.63, 3.8) is 0 Å². The zero-order chi connectivity index (χ0) is 19.3. The summed E-state index contributed by atoms with van der Waals surface area (Å²) in [7, 11) is 0. The van der Waals surface area contributed by atoms with E-state index in [0.29, 0.717) is 23.6 Å². The minimum absolute atomic E-state index is 0.00978. The van der Waals surface area contributed by atoms with Crippen molar-refractivity contribution in [1.82, 2.24) is 19.7 Å². The lowest BCUT2D eigenvalue weighted by Crippen LogP contribution is -2.03. The van der Waals surface area contributed by atoms with Gasteiger partial charge in [-0.15, -0.1) is 0 Å². The Morgan fingerprint density at radius 1 is 1.14 bits per heavy atom. The Bertz CT molecular complexity index is 1160. The van der Waals surface area contributed by atoms with Crippen LogP contribution in [0, 0.1) is 10.1 Å². The van der Waals surface area contributed by atoms with Crippen molar-refractivity contribution in [2.75, 3.05) is 5.43 Å². The van der Waals surface area contributed by atoms with Gasteiger partial charge < -0.3 is 0 Å². The number of hydrogen-bond donors (Lipinski definition) is 1. The summed E-state index contributed by atoms with van der Waals surface area (Å²) in [5, 5.41) is 20.1. The lowest BCUT2D eigenvalue weighted by Gasteiger charge is -2.04. The van der Waals surface area contributed by atoms with Gasteiger partial charge in [0.25, 0.3) is 5.69 Å². The molecule has 9 nitrogen and oxygen atoms in total. The van der Waals surface area contributed by atoms with Crippen LogP contribution >= 0.6 is 0 Å². The highest BCUT2D eigenvalue weighted by molar-refractivity contribution is 5.87. The third kappa shape index (κ3) is 3.68. The van der Waals surface area contributed by atoms with Gasteiger partial charge >= 0.3 is 0 Å². The van der Waals surface area contributed by atoms with Crippen molar-refractivity contribution < 1.29 is 4.92 Å². The van der Waals surface area contributed by atoms with Gasteiger partial charge in [0.1, 0.15) is 6.33 Å². The molecule has 138 valence electrons. The molecule has 0 atom stereocenters.